The number of hydrogen-bond acceptors (Lipinski definition) is 3. The van der Waals surface area contributed by atoms with Crippen LogP contribution in [0, 0.1) is 12.3 Å². The molecule has 0 amide bonds. The summed E-state index contributed by atoms with van der Waals surface area (Å²) in [5, 5.41) is 0. The number of carbonyl (C=O) groups excluding carboxylic acids is 2. The van der Waals surface area contributed by atoms with Crippen LogP contribution in [0.1, 0.15) is 28.4 Å². The van der Waals surface area contributed by atoms with Crippen LogP contribution in [0.3, 0.4) is 0 Å². The van der Waals surface area contributed by atoms with E-state index in [0.29, 0.717) is 12.9 Å². The van der Waals surface area contributed by atoms with E-state index < -0.39 is 5.41 Å². The number of fused-ring (bicyclic) bond motifs is 1. The molecule has 0 N–H and O–H groups in total. The number of aryl methyl sites for hydroxylation is 1. The van der Waals surface area contributed by atoms with Crippen LogP contribution < -0.4 is 0 Å². The smallest absolute Gasteiger partial charge is 0.293 e. The molecule has 1 aliphatic rings. The lowest BCUT2D eigenvalue weighted by Gasteiger charge is -2.19. The number of ketones is 1. The number of carbonyl (C=O) groups is 2. The maximum Gasteiger partial charge on any atom is 0.293 e. The third kappa shape index (κ3) is 1.62. The molecule has 1 aliphatic carbocycles. The molecule has 2 rings (SSSR count). The lowest BCUT2D eigenvalue weighted by molar-refractivity contribution is -0.130. The van der Waals surface area contributed by atoms with Crippen molar-refractivity contribution in [3.63, 3.8) is 0 Å². The van der Waals surface area contributed by atoms with Gasteiger partial charge in [-0.3, -0.25) is 9.59 Å². The van der Waals surface area contributed by atoms with Gasteiger partial charge in [-0.2, -0.15) is 0 Å². The maximum absolute atomic E-state index is 12.1. The van der Waals surface area contributed by atoms with Crippen molar-refractivity contribution in [2.45, 2.75) is 20.3 Å². The number of rotatable bonds is 3. The van der Waals surface area contributed by atoms with Crippen molar-refractivity contribution in [3.05, 3.63) is 34.9 Å². The largest absolute Gasteiger partial charge is 0.467 e. The van der Waals surface area contributed by atoms with E-state index in [0.717, 1.165) is 16.7 Å². The van der Waals surface area contributed by atoms with E-state index in [2.05, 4.69) is 0 Å². The second kappa shape index (κ2) is 3.74. The summed E-state index contributed by atoms with van der Waals surface area (Å²) in [5.74, 6) is 0.0735. The first-order valence-corrected chi connectivity index (χ1v) is 5.26. The molecule has 1 aromatic carbocycles. The van der Waals surface area contributed by atoms with Crippen molar-refractivity contribution in [1.29, 1.82) is 0 Å². The van der Waals surface area contributed by atoms with Crippen LogP contribution in [0.4, 0.5) is 0 Å². The molecule has 0 fully saturated rings. The summed E-state index contributed by atoms with van der Waals surface area (Å²) in [6.07, 6.45) is 0.649. The van der Waals surface area contributed by atoms with Crippen LogP contribution in [0.25, 0.3) is 0 Å². The van der Waals surface area contributed by atoms with Crippen molar-refractivity contribution < 1.29 is 14.3 Å². The fourth-order valence-electron chi connectivity index (χ4n) is 2.25. The molecule has 3 nitrogen and oxygen atoms in total. The first-order chi connectivity index (χ1) is 7.57. The van der Waals surface area contributed by atoms with Gasteiger partial charge in [0.25, 0.3) is 6.47 Å². The molecule has 0 saturated carbocycles. The lowest BCUT2D eigenvalue weighted by atomic mass is 9.87. The van der Waals surface area contributed by atoms with Gasteiger partial charge in [-0.1, -0.05) is 23.8 Å². The zero-order valence-electron chi connectivity index (χ0n) is 9.45. The molecule has 0 saturated heterocycles. The number of Topliss-reactive ketones (excluding diaryl/α,β-unsaturated/α-hetero) is 1. The highest BCUT2D eigenvalue weighted by Crippen LogP contribution is 2.37. The molecule has 0 radical (unpaired) electrons. The van der Waals surface area contributed by atoms with Gasteiger partial charge in [-0.15, -0.1) is 0 Å². The van der Waals surface area contributed by atoms with Crippen molar-refractivity contribution in [1.82, 2.24) is 0 Å². The molecule has 0 heterocycles. The minimum atomic E-state index is -0.586. The highest BCUT2D eigenvalue weighted by atomic mass is 16.5. The molecule has 16 heavy (non-hydrogen) atoms. The lowest BCUT2D eigenvalue weighted by Crippen LogP contribution is -2.29. The molecule has 0 aromatic heterocycles. The molecule has 1 aromatic rings. The third-order valence-corrected chi connectivity index (χ3v) is 3.10. The van der Waals surface area contributed by atoms with Gasteiger partial charge in [0.05, 0.1) is 5.41 Å². The second-order valence-corrected chi connectivity index (χ2v) is 4.63. The molecule has 0 aliphatic heterocycles. The predicted octanol–water partition coefficient (Wildman–Crippen LogP) is 1.91. The molecule has 0 bridgehead atoms. The van der Waals surface area contributed by atoms with Gasteiger partial charge < -0.3 is 4.74 Å². The van der Waals surface area contributed by atoms with E-state index in [1.165, 1.54) is 0 Å². The van der Waals surface area contributed by atoms with Crippen molar-refractivity contribution in [2.24, 2.45) is 5.41 Å². The summed E-state index contributed by atoms with van der Waals surface area (Å²) in [6, 6.07) is 5.82. The fraction of sp³-hybridized carbons (Fsp3) is 0.385. The average Bonchev–Trinajstić information content (AvgIpc) is 2.49. The molecule has 3 heteroatoms. The zero-order chi connectivity index (χ0) is 11.8. The average molecular weight is 218 g/mol. The predicted molar refractivity (Wildman–Crippen MR) is 59.3 cm³/mol. The van der Waals surface area contributed by atoms with E-state index >= 15 is 0 Å². The Morgan fingerprint density at radius 2 is 2.25 bits per heavy atom. The van der Waals surface area contributed by atoms with Crippen molar-refractivity contribution in [3.8, 4) is 0 Å². The van der Waals surface area contributed by atoms with Gasteiger partial charge in [0.15, 0.2) is 5.78 Å². The van der Waals surface area contributed by atoms with Crippen LogP contribution in [0.15, 0.2) is 18.2 Å². The molecule has 0 spiro atoms. The second-order valence-electron chi connectivity index (χ2n) is 4.63. The number of hydrogen-bond donors (Lipinski definition) is 0. The minimum Gasteiger partial charge on any atom is -0.467 e. The van der Waals surface area contributed by atoms with Gasteiger partial charge >= 0.3 is 0 Å². The van der Waals surface area contributed by atoms with Gasteiger partial charge in [-0.05, 0) is 25.8 Å². The maximum atomic E-state index is 12.1. The standard InChI is InChI=1S/C13H14O3/c1-9-3-4-11-10(5-9)6-13(2,12(11)15)7-16-8-14/h3-5,8H,6-7H2,1-2H3. The third-order valence-electron chi connectivity index (χ3n) is 3.10. The minimum absolute atomic E-state index is 0.0735. The summed E-state index contributed by atoms with van der Waals surface area (Å²) < 4.78 is 4.75. The Morgan fingerprint density at radius 3 is 2.94 bits per heavy atom. The van der Waals surface area contributed by atoms with Crippen LogP contribution in [-0.4, -0.2) is 18.9 Å². The molecular formula is C13H14O3. The first-order valence-electron chi connectivity index (χ1n) is 5.26. The van der Waals surface area contributed by atoms with E-state index in [1.807, 2.05) is 32.0 Å². The summed E-state index contributed by atoms with van der Waals surface area (Å²) in [5.41, 5.74) is 2.38. The molecule has 1 atom stereocenters. The number of benzene rings is 1. The SMILES string of the molecule is Cc1ccc2c(c1)CC(C)(COC=O)C2=O. The van der Waals surface area contributed by atoms with Crippen LogP contribution in [0.2, 0.25) is 0 Å². The monoisotopic (exact) mass is 218 g/mol. The van der Waals surface area contributed by atoms with Crippen molar-refractivity contribution >= 4 is 12.3 Å². The van der Waals surface area contributed by atoms with E-state index in [4.69, 9.17) is 4.74 Å². The van der Waals surface area contributed by atoms with Crippen LogP contribution >= 0.6 is 0 Å². The van der Waals surface area contributed by atoms with Crippen molar-refractivity contribution in [2.75, 3.05) is 6.61 Å². The molecule has 84 valence electrons. The summed E-state index contributed by atoms with van der Waals surface area (Å²) in [4.78, 5) is 22.3. The Hall–Kier alpha value is -1.64. The van der Waals surface area contributed by atoms with Gasteiger partial charge in [-0.25, -0.2) is 0 Å². The van der Waals surface area contributed by atoms with Gasteiger partial charge in [0.2, 0.25) is 0 Å². The summed E-state index contributed by atoms with van der Waals surface area (Å²) in [6.45, 7) is 4.40. The molecule has 1 unspecified atom stereocenters. The van der Waals surface area contributed by atoms with E-state index in [9.17, 15) is 9.59 Å². The van der Waals surface area contributed by atoms with Crippen LogP contribution in [0.5, 0.6) is 0 Å². The van der Waals surface area contributed by atoms with Gasteiger partial charge in [0.1, 0.15) is 6.61 Å². The normalized spacial score (nSPS) is 23.0. The highest BCUT2D eigenvalue weighted by molar-refractivity contribution is 6.04. The zero-order valence-corrected chi connectivity index (χ0v) is 9.45. The Kier molecular flexibility index (Phi) is 2.54. The quantitative estimate of drug-likeness (QED) is 0.728. The highest BCUT2D eigenvalue weighted by Gasteiger charge is 2.42. The van der Waals surface area contributed by atoms with Gasteiger partial charge in [0, 0.05) is 5.56 Å². The Bertz CT molecular complexity index is 450. The first kappa shape index (κ1) is 10.9. The Labute approximate surface area is 94.4 Å². The summed E-state index contributed by atoms with van der Waals surface area (Å²) >= 11 is 0. The molecular weight excluding hydrogens is 204 g/mol. The topological polar surface area (TPSA) is 43.4 Å². The van der Waals surface area contributed by atoms with E-state index in [1.54, 1.807) is 0 Å². The van der Waals surface area contributed by atoms with E-state index in [-0.39, 0.29) is 12.4 Å². The summed E-state index contributed by atoms with van der Waals surface area (Å²) in [7, 11) is 0. The fourth-order valence-corrected chi connectivity index (χ4v) is 2.25. The Balaban J connectivity index is 2.32. The number of ether oxygens (including phenoxy) is 1. The van der Waals surface area contributed by atoms with Crippen LogP contribution in [-0.2, 0) is 16.0 Å². The Morgan fingerprint density at radius 1 is 1.50 bits per heavy atom.